The summed E-state index contributed by atoms with van der Waals surface area (Å²) in [5, 5.41) is 20.9. The Morgan fingerprint density at radius 1 is 1.03 bits per heavy atom. The van der Waals surface area contributed by atoms with Crippen molar-refractivity contribution in [1.82, 2.24) is 21.1 Å². The van der Waals surface area contributed by atoms with Crippen LogP contribution in [0.3, 0.4) is 0 Å². The number of fused-ring (bicyclic) bond motifs is 1. The Kier molecular flexibility index (Phi) is 6.68. The zero-order chi connectivity index (χ0) is 24.6. The van der Waals surface area contributed by atoms with Gasteiger partial charge >= 0.3 is 6.18 Å². The molecular weight excluding hydrogens is 457 g/mol. The zero-order valence-electron chi connectivity index (χ0n) is 19.7. The molecule has 4 fully saturated rings. The average Bonchev–Trinajstić information content (AvgIpc) is 3.23. The largest absolute Gasteiger partial charge is 0.410 e. The molecule has 35 heavy (non-hydrogen) atoms. The van der Waals surface area contributed by atoms with Crippen molar-refractivity contribution >= 4 is 11.6 Å². The lowest BCUT2D eigenvalue weighted by molar-refractivity contribution is -0.207. The molecule has 1 aromatic rings. The number of benzene rings is 1. The van der Waals surface area contributed by atoms with Gasteiger partial charge in [-0.1, -0.05) is 25.0 Å². The van der Waals surface area contributed by atoms with Gasteiger partial charge in [0.2, 0.25) is 5.91 Å². The van der Waals surface area contributed by atoms with Crippen LogP contribution in [0, 0.1) is 23.2 Å². The molecule has 5 rings (SSSR count). The van der Waals surface area contributed by atoms with Crippen molar-refractivity contribution in [2.24, 2.45) is 11.8 Å². The first-order valence-electron chi connectivity index (χ1n) is 12.7. The van der Waals surface area contributed by atoms with Gasteiger partial charge in [-0.15, -0.1) is 0 Å². The molecule has 190 valence electrons. The van der Waals surface area contributed by atoms with Crippen molar-refractivity contribution in [2.45, 2.75) is 81.3 Å². The first-order valence-corrected chi connectivity index (χ1v) is 12.7. The van der Waals surface area contributed by atoms with Crippen LogP contribution in [0.5, 0.6) is 0 Å². The normalized spacial score (nSPS) is 36.2. The lowest BCUT2D eigenvalue weighted by atomic mass is 9.81. The average molecular weight is 491 g/mol. The van der Waals surface area contributed by atoms with E-state index in [1.54, 1.807) is 12.1 Å². The lowest BCUT2D eigenvalue weighted by Crippen LogP contribution is -2.56. The topological polar surface area (TPSA) is 92.2 Å². The molecule has 4 aliphatic rings. The van der Waals surface area contributed by atoms with E-state index in [4.69, 9.17) is 0 Å². The highest BCUT2D eigenvalue weighted by Gasteiger charge is 2.56. The van der Waals surface area contributed by atoms with Gasteiger partial charge in [0, 0.05) is 24.3 Å². The van der Waals surface area contributed by atoms with Gasteiger partial charge in [-0.05, 0) is 62.8 Å². The Balaban J connectivity index is 1.36. The molecule has 1 aliphatic carbocycles. The molecule has 6 atom stereocenters. The molecule has 3 saturated heterocycles. The Bertz CT molecular complexity index is 955. The number of nitriles is 1. The molecule has 0 radical (unpaired) electrons. The standard InChI is InChI=1S/C25H33F3N6O/c26-25(27,28)24(12-3-4-13-31-24)17-7-9-18(10-8-17)32-22-21-20(11-14-30-23(21)35)34(33-22)19-6-2-1-5-16(19)15-29/h7-10,16,19-22,31-33H,1-6,11-14H2,(H,30,35)/t16-,19+,20?,21?,22?,24?/m1/s1. The number of hydrogen-bond acceptors (Lipinski definition) is 6. The number of nitrogens with zero attached hydrogens (tertiary/aromatic N) is 2. The van der Waals surface area contributed by atoms with Crippen LogP contribution in [0.15, 0.2) is 24.3 Å². The van der Waals surface area contributed by atoms with E-state index in [9.17, 15) is 23.2 Å². The summed E-state index contributed by atoms with van der Waals surface area (Å²) in [5.41, 5.74) is 2.32. The van der Waals surface area contributed by atoms with E-state index in [-0.39, 0.29) is 41.8 Å². The molecule has 10 heteroatoms. The van der Waals surface area contributed by atoms with E-state index < -0.39 is 17.9 Å². The number of anilines is 1. The number of alkyl halides is 3. The summed E-state index contributed by atoms with van der Waals surface area (Å²) in [7, 11) is 0. The maximum absolute atomic E-state index is 14.1. The van der Waals surface area contributed by atoms with Crippen molar-refractivity contribution in [3.63, 3.8) is 0 Å². The lowest BCUT2D eigenvalue weighted by Gasteiger charge is -2.40. The summed E-state index contributed by atoms with van der Waals surface area (Å²) >= 11 is 0. The van der Waals surface area contributed by atoms with Crippen molar-refractivity contribution in [3.8, 4) is 6.07 Å². The van der Waals surface area contributed by atoms with Crippen LogP contribution < -0.4 is 21.4 Å². The summed E-state index contributed by atoms with van der Waals surface area (Å²) in [5.74, 6) is -0.482. The SMILES string of the molecule is N#C[C@H]1CCCC[C@@H]1N1NC(Nc2ccc(C3(C(F)(F)F)CCCCN3)cc2)C2C(=O)NCCC21. The molecule has 3 aliphatic heterocycles. The number of hydrogen-bond donors (Lipinski definition) is 4. The molecule has 4 unspecified atom stereocenters. The van der Waals surface area contributed by atoms with Gasteiger partial charge in [0.15, 0.2) is 0 Å². The number of piperidine rings is 2. The van der Waals surface area contributed by atoms with E-state index in [1.807, 2.05) is 0 Å². The van der Waals surface area contributed by atoms with Crippen LogP contribution in [0.2, 0.25) is 0 Å². The predicted octanol–water partition coefficient (Wildman–Crippen LogP) is 3.36. The van der Waals surface area contributed by atoms with E-state index in [1.165, 1.54) is 12.1 Å². The molecule has 0 aromatic heterocycles. The van der Waals surface area contributed by atoms with Crippen LogP contribution in [0.4, 0.5) is 18.9 Å². The van der Waals surface area contributed by atoms with Gasteiger partial charge in [-0.2, -0.15) is 18.4 Å². The van der Waals surface area contributed by atoms with Crippen LogP contribution in [-0.4, -0.2) is 48.4 Å². The Morgan fingerprint density at radius 3 is 2.49 bits per heavy atom. The minimum atomic E-state index is -4.39. The van der Waals surface area contributed by atoms with E-state index in [0.29, 0.717) is 25.2 Å². The van der Waals surface area contributed by atoms with Crippen LogP contribution in [-0.2, 0) is 10.3 Å². The summed E-state index contributed by atoms with van der Waals surface area (Å²) in [6, 6.07) is 8.87. The third-order valence-corrected chi connectivity index (χ3v) is 8.30. The summed E-state index contributed by atoms with van der Waals surface area (Å²) in [6.45, 7) is 0.931. The second-order valence-corrected chi connectivity index (χ2v) is 10.3. The zero-order valence-corrected chi connectivity index (χ0v) is 19.7. The number of rotatable bonds is 4. The van der Waals surface area contributed by atoms with Crippen LogP contribution in [0.1, 0.15) is 56.9 Å². The summed E-state index contributed by atoms with van der Waals surface area (Å²) in [4.78, 5) is 12.9. The van der Waals surface area contributed by atoms with Gasteiger partial charge in [0.25, 0.3) is 0 Å². The minimum absolute atomic E-state index is 0.0216. The predicted molar refractivity (Wildman–Crippen MR) is 125 cm³/mol. The number of hydrazine groups is 1. The monoisotopic (exact) mass is 490 g/mol. The van der Waals surface area contributed by atoms with Crippen molar-refractivity contribution in [2.75, 3.05) is 18.4 Å². The van der Waals surface area contributed by atoms with Crippen LogP contribution in [0.25, 0.3) is 0 Å². The highest BCUT2D eigenvalue weighted by atomic mass is 19.4. The Labute approximate surface area is 203 Å². The highest BCUT2D eigenvalue weighted by molar-refractivity contribution is 5.82. The van der Waals surface area contributed by atoms with E-state index >= 15 is 0 Å². The maximum atomic E-state index is 14.1. The third-order valence-electron chi connectivity index (χ3n) is 8.30. The Hall–Kier alpha value is -2.35. The van der Waals surface area contributed by atoms with Gasteiger partial charge in [-0.3, -0.25) is 10.1 Å². The maximum Gasteiger partial charge on any atom is 0.410 e. The molecule has 0 spiro atoms. The fraction of sp³-hybridized carbons (Fsp3) is 0.680. The van der Waals surface area contributed by atoms with Gasteiger partial charge in [0.05, 0.1) is 17.9 Å². The fourth-order valence-corrected chi connectivity index (χ4v) is 6.48. The number of amides is 1. The first-order chi connectivity index (χ1) is 16.8. The second kappa shape index (κ2) is 9.60. The van der Waals surface area contributed by atoms with Crippen molar-refractivity contribution in [3.05, 3.63) is 29.8 Å². The molecule has 0 bridgehead atoms. The summed E-state index contributed by atoms with van der Waals surface area (Å²) in [6.07, 6.45) is 1.14. The quantitative estimate of drug-likeness (QED) is 0.518. The highest BCUT2D eigenvalue weighted by Crippen LogP contribution is 2.44. The second-order valence-electron chi connectivity index (χ2n) is 10.3. The molecule has 1 saturated carbocycles. The molecule has 7 nitrogen and oxygen atoms in total. The van der Waals surface area contributed by atoms with Crippen molar-refractivity contribution < 1.29 is 18.0 Å². The van der Waals surface area contributed by atoms with Gasteiger partial charge in [0.1, 0.15) is 11.7 Å². The number of carbonyl (C=O) groups is 1. The van der Waals surface area contributed by atoms with Gasteiger partial charge < -0.3 is 10.6 Å². The molecule has 1 amide bonds. The molecular formula is C25H33F3N6O. The molecule has 3 heterocycles. The number of nitrogens with one attached hydrogen (secondary N) is 4. The smallest absolute Gasteiger partial charge is 0.368 e. The third kappa shape index (κ3) is 4.39. The van der Waals surface area contributed by atoms with E-state index in [2.05, 4.69) is 32.5 Å². The minimum Gasteiger partial charge on any atom is -0.368 e. The fourth-order valence-electron chi connectivity index (χ4n) is 6.48. The van der Waals surface area contributed by atoms with Gasteiger partial charge in [-0.25, -0.2) is 10.4 Å². The molecule has 4 N–H and O–H groups in total. The number of halogens is 3. The molecule has 1 aromatic carbocycles. The number of carbonyl (C=O) groups excluding carboxylic acids is 1. The first kappa shape index (κ1) is 24.3. The van der Waals surface area contributed by atoms with Crippen molar-refractivity contribution in [1.29, 1.82) is 5.26 Å². The van der Waals surface area contributed by atoms with Crippen LogP contribution >= 0.6 is 0 Å². The summed E-state index contributed by atoms with van der Waals surface area (Å²) < 4.78 is 42.2. The Morgan fingerprint density at radius 2 is 1.80 bits per heavy atom. The van der Waals surface area contributed by atoms with E-state index in [0.717, 1.165) is 38.5 Å².